The lowest BCUT2D eigenvalue weighted by molar-refractivity contribution is 0.409. The molecule has 0 aliphatic rings. The van der Waals surface area contributed by atoms with Crippen molar-refractivity contribution in [2.24, 2.45) is 4.99 Å². The molecule has 132 valence electrons. The van der Waals surface area contributed by atoms with E-state index in [0.717, 1.165) is 42.6 Å². The van der Waals surface area contributed by atoms with E-state index in [-0.39, 0.29) is 24.0 Å². The Balaban J connectivity index is 0.00000288. The van der Waals surface area contributed by atoms with Crippen LogP contribution in [0, 0.1) is 0 Å². The van der Waals surface area contributed by atoms with Crippen molar-refractivity contribution in [2.75, 3.05) is 20.7 Å². The molecule has 0 saturated carbocycles. The molecule has 8 heteroatoms. The van der Waals surface area contributed by atoms with Crippen molar-refractivity contribution in [2.45, 2.75) is 26.4 Å². The summed E-state index contributed by atoms with van der Waals surface area (Å²) < 4.78 is 7.39. The van der Waals surface area contributed by atoms with E-state index < -0.39 is 0 Å². The third kappa shape index (κ3) is 5.66. The molecule has 0 fully saturated rings. The van der Waals surface area contributed by atoms with Crippen LogP contribution in [0.5, 0.6) is 5.75 Å². The van der Waals surface area contributed by atoms with E-state index in [4.69, 9.17) is 4.74 Å². The zero-order valence-corrected chi connectivity index (χ0v) is 16.7. The number of ether oxygens (including phenoxy) is 1. The predicted octanol–water partition coefficient (Wildman–Crippen LogP) is 1.83. The van der Waals surface area contributed by atoms with Crippen LogP contribution in [0.2, 0.25) is 0 Å². The first kappa shape index (κ1) is 20.2. The normalized spacial score (nSPS) is 10.9. The summed E-state index contributed by atoms with van der Waals surface area (Å²) in [4.78, 5) is 4.23. The smallest absolute Gasteiger partial charge is 0.191 e. The number of nitrogens with zero attached hydrogens (tertiary/aromatic N) is 4. The number of hydrogen-bond acceptors (Lipinski definition) is 4. The highest BCUT2D eigenvalue weighted by molar-refractivity contribution is 14.0. The van der Waals surface area contributed by atoms with Gasteiger partial charge in [0.05, 0.1) is 7.11 Å². The highest BCUT2D eigenvalue weighted by Gasteiger charge is 2.04. The number of rotatable bonds is 7. The van der Waals surface area contributed by atoms with Crippen LogP contribution in [0.25, 0.3) is 0 Å². The van der Waals surface area contributed by atoms with Crippen molar-refractivity contribution in [1.29, 1.82) is 0 Å². The van der Waals surface area contributed by atoms with Gasteiger partial charge >= 0.3 is 0 Å². The Kier molecular flexibility index (Phi) is 9.13. The van der Waals surface area contributed by atoms with Gasteiger partial charge in [0.25, 0.3) is 0 Å². The standard InChI is InChI=1S/C16H24N6O.HI/c1-4-15-21-20-12-22(15)10-9-18-16(17-2)19-11-13-7-5-6-8-14(13)23-3;/h5-8,12H,4,9-11H2,1-3H3,(H2,17,18,19);1H. The zero-order valence-electron chi connectivity index (χ0n) is 14.3. The maximum absolute atomic E-state index is 5.35. The largest absolute Gasteiger partial charge is 0.496 e. The molecule has 0 saturated heterocycles. The minimum atomic E-state index is 0. The number of benzene rings is 1. The summed E-state index contributed by atoms with van der Waals surface area (Å²) in [7, 11) is 3.43. The van der Waals surface area contributed by atoms with E-state index in [1.807, 2.05) is 28.8 Å². The second-order valence-corrected chi connectivity index (χ2v) is 4.96. The maximum Gasteiger partial charge on any atom is 0.191 e. The predicted molar refractivity (Wildman–Crippen MR) is 106 cm³/mol. The fraction of sp³-hybridized carbons (Fsp3) is 0.438. The number of halogens is 1. The van der Waals surface area contributed by atoms with Crippen molar-refractivity contribution in [3.63, 3.8) is 0 Å². The molecule has 2 aromatic rings. The minimum absolute atomic E-state index is 0. The van der Waals surface area contributed by atoms with Gasteiger partial charge in [-0.25, -0.2) is 0 Å². The average molecular weight is 444 g/mol. The summed E-state index contributed by atoms with van der Waals surface area (Å²) in [5, 5.41) is 14.6. The van der Waals surface area contributed by atoms with E-state index in [0.29, 0.717) is 6.54 Å². The zero-order chi connectivity index (χ0) is 16.5. The van der Waals surface area contributed by atoms with E-state index >= 15 is 0 Å². The molecule has 0 bridgehead atoms. The second-order valence-electron chi connectivity index (χ2n) is 4.96. The maximum atomic E-state index is 5.35. The van der Waals surface area contributed by atoms with Gasteiger partial charge in [-0.3, -0.25) is 4.99 Å². The van der Waals surface area contributed by atoms with E-state index in [2.05, 4.69) is 32.7 Å². The topological polar surface area (TPSA) is 76.4 Å². The second kappa shape index (κ2) is 10.8. The Morgan fingerprint density at radius 1 is 1.29 bits per heavy atom. The van der Waals surface area contributed by atoms with Gasteiger partial charge in [-0.15, -0.1) is 34.2 Å². The van der Waals surface area contributed by atoms with E-state index in [1.54, 1.807) is 20.5 Å². The Morgan fingerprint density at radius 2 is 2.08 bits per heavy atom. The van der Waals surface area contributed by atoms with Crippen LogP contribution >= 0.6 is 24.0 Å². The molecule has 0 spiro atoms. The highest BCUT2D eigenvalue weighted by atomic mass is 127. The van der Waals surface area contributed by atoms with Gasteiger partial charge in [-0.05, 0) is 6.07 Å². The number of methoxy groups -OCH3 is 1. The van der Waals surface area contributed by atoms with Gasteiger partial charge < -0.3 is 19.9 Å². The first-order chi connectivity index (χ1) is 11.3. The highest BCUT2D eigenvalue weighted by Crippen LogP contribution is 2.16. The van der Waals surface area contributed by atoms with Crippen LogP contribution in [0.15, 0.2) is 35.6 Å². The number of aromatic nitrogens is 3. The lowest BCUT2D eigenvalue weighted by Gasteiger charge is -2.14. The SMILES string of the molecule is CCc1nncn1CCNC(=NC)NCc1ccccc1OC.I. The first-order valence-electron chi connectivity index (χ1n) is 7.71. The lowest BCUT2D eigenvalue weighted by atomic mass is 10.2. The number of para-hydroxylation sites is 1. The molecule has 0 atom stereocenters. The average Bonchev–Trinajstić information content (AvgIpc) is 3.05. The molecule has 2 rings (SSSR count). The summed E-state index contributed by atoms with van der Waals surface area (Å²) in [6.07, 6.45) is 2.63. The van der Waals surface area contributed by atoms with Crippen LogP contribution in [-0.4, -0.2) is 41.4 Å². The third-order valence-electron chi connectivity index (χ3n) is 3.52. The van der Waals surface area contributed by atoms with Crippen molar-refractivity contribution in [3.05, 3.63) is 42.0 Å². The van der Waals surface area contributed by atoms with E-state index in [1.165, 1.54) is 0 Å². The minimum Gasteiger partial charge on any atom is -0.496 e. The third-order valence-corrected chi connectivity index (χ3v) is 3.52. The number of aliphatic imine (C=N–C) groups is 1. The Morgan fingerprint density at radius 3 is 2.79 bits per heavy atom. The Hall–Kier alpha value is -1.84. The summed E-state index contributed by atoms with van der Waals surface area (Å²) in [6, 6.07) is 7.93. The number of aryl methyl sites for hydroxylation is 1. The molecule has 2 N–H and O–H groups in total. The van der Waals surface area contributed by atoms with Gasteiger partial charge in [0.1, 0.15) is 17.9 Å². The number of guanidine groups is 1. The monoisotopic (exact) mass is 444 g/mol. The molecule has 0 amide bonds. The molecule has 0 radical (unpaired) electrons. The molecule has 1 aromatic carbocycles. The van der Waals surface area contributed by atoms with Gasteiger partial charge in [0.2, 0.25) is 0 Å². The summed E-state index contributed by atoms with van der Waals surface area (Å²) >= 11 is 0. The van der Waals surface area contributed by atoms with Crippen LogP contribution in [-0.2, 0) is 19.5 Å². The molecule has 7 nitrogen and oxygen atoms in total. The molecule has 0 unspecified atom stereocenters. The first-order valence-corrected chi connectivity index (χ1v) is 7.71. The molecule has 1 heterocycles. The molecule has 0 aliphatic heterocycles. The fourth-order valence-electron chi connectivity index (χ4n) is 2.28. The summed E-state index contributed by atoms with van der Waals surface area (Å²) in [5.74, 6) is 2.61. The number of hydrogen-bond donors (Lipinski definition) is 2. The summed E-state index contributed by atoms with van der Waals surface area (Å²) in [6.45, 7) is 4.26. The lowest BCUT2D eigenvalue weighted by Crippen LogP contribution is -2.38. The van der Waals surface area contributed by atoms with Crippen LogP contribution < -0.4 is 15.4 Å². The Labute approximate surface area is 159 Å². The van der Waals surface area contributed by atoms with Crippen LogP contribution in [0.1, 0.15) is 18.3 Å². The molecule has 24 heavy (non-hydrogen) atoms. The van der Waals surface area contributed by atoms with Gasteiger partial charge in [0, 0.05) is 38.7 Å². The van der Waals surface area contributed by atoms with Gasteiger partial charge in [0.15, 0.2) is 5.96 Å². The van der Waals surface area contributed by atoms with E-state index in [9.17, 15) is 0 Å². The van der Waals surface area contributed by atoms with Crippen molar-refractivity contribution in [3.8, 4) is 5.75 Å². The number of nitrogens with one attached hydrogen (secondary N) is 2. The van der Waals surface area contributed by atoms with Crippen molar-refractivity contribution < 1.29 is 4.74 Å². The fourth-order valence-corrected chi connectivity index (χ4v) is 2.28. The van der Waals surface area contributed by atoms with Crippen LogP contribution in [0.4, 0.5) is 0 Å². The Bertz CT molecular complexity index is 643. The van der Waals surface area contributed by atoms with Gasteiger partial charge in [-0.1, -0.05) is 25.1 Å². The molecular formula is C16H25IN6O. The summed E-state index contributed by atoms with van der Waals surface area (Å²) in [5.41, 5.74) is 1.09. The quantitative estimate of drug-likeness (QED) is 0.387. The molecular weight excluding hydrogens is 419 g/mol. The molecule has 0 aliphatic carbocycles. The van der Waals surface area contributed by atoms with Crippen molar-refractivity contribution in [1.82, 2.24) is 25.4 Å². The van der Waals surface area contributed by atoms with Gasteiger partial charge in [-0.2, -0.15) is 0 Å². The van der Waals surface area contributed by atoms with Crippen LogP contribution in [0.3, 0.4) is 0 Å². The molecule has 1 aromatic heterocycles. The van der Waals surface area contributed by atoms with Crippen molar-refractivity contribution >= 4 is 29.9 Å².